The van der Waals surface area contributed by atoms with E-state index in [2.05, 4.69) is 20.7 Å². The number of hydrogen-bond donors (Lipinski definition) is 2. The quantitative estimate of drug-likeness (QED) is 0.299. The SMILES string of the molecule is CCOC(=O)c1csc(CCNC(=O)Cn2cc(NC(=O)CCC(=O)c3ccccc3)cn2)n1. The number of carbonyl (C=O) groups excluding carboxylic acids is 4. The van der Waals surface area contributed by atoms with E-state index in [1.807, 2.05) is 6.07 Å². The van der Waals surface area contributed by atoms with Crippen molar-refractivity contribution in [3.8, 4) is 0 Å². The highest BCUT2D eigenvalue weighted by atomic mass is 32.1. The van der Waals surface area contributed by atoms with E-state index in [9.17, 15) is 19.2 Å². The van der Waals surface area contributed by atoms with Crippen molar-refractivity contribution in [2.75, 3.05) is 18.5 Å². The zero-order valence-electron chi connectivity index (χ0n) is 18.7. The zero-order chi connectivity index (χ0) is 24.3. The van der Waals surface area contributed by atoms with Crippen molar-refractivity contribution in [3.63, 3.8) is 0 Å². The van der Waals surface area contributed by atoms with E-state index in [4.69, 9.17) is 4.74 Å². The minimum atomic E-state index is -0.460. The van der Waals surface area contributed by atoms with Crippen LogP contribution in [0.25, 0.3) is 0 Å². The molecule has 3 aromatic rings. The Kier molecular flexibility index (Phi) is 9.04. The number of thiazole rings is 1. The van der Waals surface area contributed by atoms with Crippen LogP contribution in [0.4, 0.5) is 5.69 Å². The van der Waals surface area contributed by atoms with Crippen LogP contribution in [0.1, 0.15) is 45.6 Å². The summed E-state index contributed by atoms with van der Waals surface area (Å²) in [7, 11) is 0. The number of ether oxygens (including phenoxy) is 1. The molecule has 0 saturated heterocycles. The maximum atomic E-state index is 12.2. The molecule has 0 saturated carbocycles. The van der Waals surface area contributed by atoms with Crippen molar-refractivity contribution in [1.29, 1.82) is 0 Å². The molecule has 10 nitrogen and oxygen atoms in total. The van der Waals surface area contributed by atoms with Crippen molar-refractivity contribution in [3.05, 3.63) is 64.4 Å². The fourth-order valence-corrected chi connectivity index (χ4v) is 3.74. The van der Waals surface area contributed by atoms with E-state index >= 15 is 0 Å². The highest BCUT2D eigenvalue weighted by Crippen LogP contribution is 2.11. The smallest absolute Gasteiger partial charge is 0.357 e. The number of rotatable bonds is 12. The standard InChI is InChI=1S/C23H25N5O5S/c1-2-33-23(32)18-15-34-22(27-18)10-11-24-21(31)14-28-13-17(12-25-28)26-20(30)9-8-19(29)16-6-4-3-5-7-16/h3-7,12-13,15H,2,8-11,14H2,1H3,(H,24,31)(H,26,30). The summed E-state index contributed by atoms with van der Waals surface area (Å²) in [6, 6.07) is 8.81. The summed E-state index contributed by atoms with van der Waals surface area (Å²) in [6.07, 6.45) is 3.62. The summed E-state index contributed by atoms with van der Waals surface area (Å²) in [6.45, 7) is 2.35. The summed E-state index contributed by atoms with van der Waals surface area (Å²) in [5, 5.41) is 11.9. The van der Waals surface area contributed by atoms with Crippen LogP contribution in [-0.4, -0.2) is 51.5 Å². The molecule has 0 bridgehead atoms. The number of benzene rings is 1. The van der Waals surface area contributed by atoms with Gasteiger partial charge in [0.1, 0.15) is 6.54 Å². The monoisotopic (exact) mass is 483 g/mol. The number of esters is 1. The first-order valence-electron chi connectivity index (χ1n) is 10.7. The molecule has 0 unspecified atom stereocenters. The maximum absolute atomic E-state index is 12.2. The van der Waals surface area contributed by atoms with Gasteiger partial charge in [-0.1, -0.05) is 30.3 Å². The summed E-state index contributed by atoms with van der Waals surface area (Å²) < 4.78 is 6.31. The highest BCUT2D eigenvalue weighted by Gasteiger charge is 2.13. The Bertz CT molecular complexity index is 1140. The molecule has 3 rings (SSSR count). The maximum Gasteiger partial charge on any atom is 0.357 e. The van der Waals surface area contributed by atoms with E-state index < -0.39 is 5.97 Å². The number of carbonyl (C=O) groups is 4. The normalized spacial score (nSPS) is 10.5. The van der Waals surface area contributed by atoms with Gasteiger partial charge in [-0.3, -0.25) is 19.1 Å². The number of ketones is 1. The van der Waals surface area contributed by atoms with Gasteiger partial charge >= 0.3 is 5.97 Å². The molecule has 0 radical (unpaired) electrons. The molecule has 0 spiro atoms. The zero-order valence-corrected chi connectivity index (χ0v) is 19.5. The van der Waals surface area contributed by atoms with Gasteiger partial charge in [0, 0.05) is 42.9 Å². The summed E-state index contributed by atoms with van der Waals surface area (Å²) >= 11 is 1.33. The van der Waals surface area contributed by atoms with Crippen molar-refractivity contribution in [2.45, 2.75) is 32.7 Å². The number of Topliss-reactive ketones (excluding diaryl/α,β-unsaturated/α-hetero) is 1. The Balaban J connectivity index is 1.37. The van der Waals surface area contributed by atoms with Crippen LogP contribution in [0, 0.1) is 0 Å². The second-order valence-electron chi connectivity index (χ2n) is 7.21. The van der Waals surface area contributed by atoms with E-state index in [1.54, 1.807) is 42.8 Å². The van der Waals surface area contributed by atoms with Gasteiger partial charge in [0.2, 0.25) is 11.8 Å². The van der Waals surface area contributed by atoms with Crippen LogP contribution in [0.5, 0.6) is 0 Å². The van der Waals surface area contributed by atoms with Crippen molar-refractivity contribution >= 4 is 40.6 Å². The van der Waals surface area contributed by atoms with Crippen LogP contribution in [0.15, 0.2) is 48.1 Å². The van der Waals surface area contributed by atoms with E-state index in [1.165, 1.54) is 22.2 Å². The van der Waals surface area contributed by atoms with Gasteiger partial charge in [-0.05, 0) is 6.92 Å². The predicted octanol–water partition coefficient (Wildman–Crippen LogP) is 2.48. The van der Waals surface area contributed by atoms with E-state index in [0.29, 0.717) is 24.2 Å². The second-order valence-corrected chi connectivity index (χ2v) is 8.15. The lowest BCUT2D eigenvalue weighted by molar-refractivity contribution is -0.121. The predicted molar refractivity (Wildman–Crippen MR) is 126 cm³/mol. The second kappa shape index (κ2) is 12.4. The lowest BCUT2D eigenvalue weighted by Crippen LogP contribution is -2.29. The third-order valence-electron chi connectivity index (χ3n) is 4.59. The van der Waals surface area contributed by atoms with Gasteiger partial charge in [0.25, 0.3) is 0 Å². The average Bonchev–Trinajstić information content (AvgIpc) is 3.48. The number of amides is 2. The molecule has 2 aromatic heterocycles. The Morgan fingerprint density at radius 3 is 2.65 bits per heavy atom. The average molecular weight is 484 g/mol. The van der Waals surface area contributed by atoms with Gasteiger partial charge in [0.05, 0.1) is 23.5 Å². The minimum absolute atomic E-state index is 0.0195. The molecular formula is C23H25N5O5S. The molecule has 2 heterocycles. The summed E-state index contributed by atoms with van der Waals surface area (Å²) in [4.78, 5) is 52.2. The van der Waals surface area contributed by atoms with E-state index in [0.717, 1.165) is 5.01 Å². The Labute approximate surface area is 200 Å². The Hall–Kier alpha value is -3.86. The Morgan fingerprint density at radius 2 is 1.88 bits per heavy atom. The molecule has 11 heteroatoms. The number of aromatic nitrogens is 3. The van der Waals surface area contributed by atoms with Crippen LogP contribution in [-0.2, 0) is 27.3 Å². The largest absolute Gasteiger partial charge is 0.461 e. The number of nitrogens with one attached hydrogen (secondary N) is 2. The molecule has 178 valence electrons. The van der Waals surface area contributed by atoms with Crippen molar-refractivity contribution < 1.29 is 23.9 Å². The van der Waals surface area contributed by atoms with E-state index in [-0.39, 0.29) is 49.3 Å². The summed E-state index contributed by atoms with van der Waals surface area (Å²) in [5.74, 6) is -1.12. The molecule has 2 amide bonds. The van der Waals surface area contributed by atoms with Crippen molar-refractivity contribution in [1.82, 2.24) is 20.1 Å². The van der Waals surface area contributed by atoms with Gasteiger partial charge in [-0.15, -0.1) is 11.3 Å². The number of anilines is 1. The molecule has 0 aliphatic carbocycles. The first-order chi connectivity index (χ1) is 16.4. The van der Waals surface area contributed by atoms with Gasteiger partial charge < -0.3 is 15.4 Å². The number of hydrogen-bond acceptors (Lipinski definition) is 8. The molecule has 0 aliphatic rings. The molecular weight excluding hydrogens is 458 g/mol. The minimum Gasteiger partial charge on any atom is -0.461 e. The van der Waals surface area contributed by atoms with Gasteiger partial charge in [-0.2, -0.15) is 5.10 Å². The number of nitrogens with zero attached hydrogens (tertiary/aromatic N) is 3. The lowest BCUT2D eigenvalue weighted by atomic mass is 10.1. The third-order valence-corrected chi connectivity index (χ3v) is 5.50. The molecule has 0 aliphatic heterocycles. The molecule has 34 heavy (non-hydrogen) atoms. The molecule has 0 fully saturated rings. The van der Waals surface area contributed by atoms with Gasteiger partial charge in [-0.25, -0.2) is 9.78 Å². The topological polar surface area (TPSA) is 132 Å². The fourth-order valence-electron chi connectivity index (χ4n) is 2.97. The molecule has 1 aromatic carbocycles. The molecule has 0 atom stereocenters. The fraction of sp³-hybridized carbons (Fsp3) is 0.304. The lowest BCUT2D eigenvalue weighted by Gasteiger charge is -2.04. The Morgan fingerprint density at radius 1 is 1.09 bits per heavy atom. The summed E-state index contributed by atoms with van der Waals surface area (Å²) in [5.41, 5.74) is 1.28. The first-order valence-corrected chi connectivity index (χ1v) is 11.6. The molecule has 2 N–H and O–H groups in total. The van der Waals surface area contributed by atoms with Crippen LogP contribution >= 0.6 is 11.3 Å². The van der Waals surface area contributed by atoms with Crippen LogP contribution in [0.2, 0.25) is 0 Å². The van der Waals surface area contributed by atoms with Crippen LogP contribution in [0.3, 0.4) is 0 Å². The first kappa shape index (κ1) is 24.8. The van der Waals surface area contributed by atoms with Gasteiger partial charge in [0.15, 0.2) is 11.5 Å². The third kappa shape index (κ3) is 7.62. The highest BCUT2D eigenvalue weighted by molar-refractivity contribution is 7.09. The van der Waals surface area contributed by atoms with Crippen LogP contribution < -0.4 is 10.6 Å². The van der Waals surface area contributed by atoms with Crippen molar-refractivity contribution in [2.24, 2.45) is 0 Å².